The molecule has 5 rings (SSSR count). The van der Waals surface area contributed by atoms with Crippen LogP contribution < -0.4 is 33.1 Å². The van der Waals surface area contributed by atoms with Crippen molar-refractivity contribution in [3.63, 3.8) is 0 Å². The molecule has 0 bridgehead atoms. The Labute approximate surface area is 218 Å². The zero-order valence-electron chi connectivity index (χ0n) is 19.2. The van der Waals surface area contributed by atoms with Crippen LogP contribution in [-0.2, 0) is 0 Å². The Hall–Kier alpha value is -5.50. The molecule has 1 aliphatic carbocycles. The lowest BCUT2D eigenvalue weighted by molar-refractivity contribution is 0.0697. The number of nitrogens with two attached hydrogens (primary N) is 2. The van der Waals surface area contributed by atoms with E-state index < -0.39 is 5.97 Å². The molecular formula is C24H18N8O5S. The van der Waals surface area contributed by atoms with Crippen LogP contribution in [0.15, 0.2) is 63.8 Å². The molecule has 9 N–H and O–H groups in total. The van der Waals surface area contributed by atoms with Gasteiger partial charge in [0.15, 0.2) is 10.5 Å². The summed E-state index contributed by atoms with van der Waals surface area (Å²) >= 11 is 5.26. The molecule has 0 radical (unpaired) electrons. The van der Waals surface area contributed by atoms with Crippen molar-refractivity contribution >= 4 is 57.8 Å². The summed E-state index contributed by atoms with van der Waals surface area (Å²) in [6.45, 7) is 0. The number of aromatic carboxylic acids is 1. The van der Waals surface area contributed by atoms with Crippen LogP contribution in [0, 0.1) is 0 Å². The fourth-order valence-corrected chi connectivity index (χ4v) is 4.08. The van der Waals surface area contributed by atoms with E-state index in [2.05, 4.69) is 31.1 Å². The van der Waals surface area contributed by atoms with Crippen LogP contribution in [0.4, 0.5) is 23.5 Å². The number of anilines is 4. The molecule has 190 valence electrons. The van der Waals surface area contributed by atoms with E-state index in [1.807, 2.05) is 0 Å². The zero-order chi connectivity index (χ0) is 27.0. The van der Waals surface area contributed by atoms with E-state index in [1.165, 1.54) is 30.3 Å². The maximum atomic E-state index is 12.3. The lowest BCUT2D eigenvalue weighted by Crippen LogP contribution is -2.34. The first-order chi connectivity index (χ1) is 18.2. The molecule has 1 aromatic heterocycles. The van der Waals surface area contributed by atoms with E-state index in [-0.39, 0.29) is 51.0 Å². The molecule has 0 saturated heterocycles. The van der Waals surface area contributed by atoms with Gasteiger partial charge in [-0.15, -0.1) is 0 Å². The molecule has 2 heterocycles. The molecule has 1 aliphatic heterocycles. The number of carbonyl (C=O) groups is 1. The third kappa shape index (κ3) is 4.78. The minimum absolute atomic E-state index is 0.0289. The topological polar surface area (TPSA) is 215 Å². The highest BCUT2D eigenvalue weighted by Crippen LogP contribution is 2.42. The predicted octanol–water partition coefficient (Wildman–Crippen LogP) is 2.63. The summed E-state index contributed by atoms with van der Waals surface area (Å²) in [6, 6.07) is 13.4. The number of carboxylic acid groups (broad SMARTS) is 1. The maximum absolute atomic E-state index is 12.3. The molecule has 0 fully saturated rings. The van der Waals surface area contributed by atoms with Gasteiger partial charge in [-0.1, -0.05) is 6.07 Å². The molecule has 0 saturated carbocycles. The van der Waals surface area contributed by atoms with Crippen molar-refractivity contribution in [1.29, 1.82) is 0 Å². The first-order valence-electron chi connectivity index (χ1n) is 10.9. The Morgan fingerprint density at radius 3 is 2.42 bits per heavy atom. The van der Waals surface area contributed by atoms with Gasteiger partial charge < -0.3 is 31.4 Å². The van der Waals surface area contributed by atoms with E-state index in [0.717, 1.165) is 0 Å². The van der Waals surface area contributed by atoms with Gasteiger partial charge in [0.2, 0.25) is 17.8 Å². The highest BCUT2D eigenvalue weighted by molar-refractivity contribution is 7.80. The third-order valence-electron chi connectivity index (χ3n) is 5.41. The molecule has 0 atom stereocenters. The average molecular weight is 531 g/mol. The molecule has 2 aromatic carbocycles. The Bertz CT molecular complexity index is 1750. The van der Waals surface area contributed by atoms with Crippen molar-refractivity contribution in [3.8, 4) is 28.2 Å². The number of rotatable bonds is 5. The second-order valence-electron chi connectivity index (χ2n) is 7.96. The standard InChI is InChI=1S/C24H18N8O5S/c25-21-28-22(26)30-23(29-21)31-32-24(38)27-10-1-4-13(16(7-10)20(35)36)19-14-5-2-11(33)8-17(14)37-18-9-12(34)3-6-15(18)19/h1-9,33H,(H,35,36)(H2,27,32,38)(H5,25,26,28,29,30,31). The number of nitrogens with one attached hydrogen (secondary N) is 3. The molecule has 0 spiro atoms. The van der Waals surface area contributed by atoms with Gasteiger partial charge in [-0.3, -0.25) is 15.6 Å². The summed E-state index contributed by atoms with van der Waals surface area (Å²) < 4.78 is 5.84. The largest absolute Gasteiger partial charge is 0.508 e. The number of hydrogen-bond donors (Lipinski definition) is 7. The van der Waals surface area contributed by atoms with Gasteiger partial charge in [0.25, 0.3) is 0 Å². The predicted molar refractivity (Wildman–Crippen MR) is 145 cm³/mol. The second-order valence-corrected chi connectivity index (χ2v) is 8.37. The van der Waals surface area contributed by atoms with Crippen molar-refractivity contribution in [2.24, 2.45) is 0 Å². The lowest BCUT2D eigenvalue weighted by atomic mass is 9.90. The fourth-order valence-electron chi connectivity index (χ4n) is 3.91. The number of nitrogens with zero attached hydrogens (tertiary/aromatic N) is 3. The SMILES string of the molecule is Nc1nc(N)nc(NNC(=S)Nc2ccc(-c3c4ccc(=O)cc-4oc4cc(O)ccc34)c(C(=O)O)c2)n1. The van der Waals surface area contributed by atoms with Crippen molar-refractivity contribution in [1.82, 2.24) is 20.4 Å². The van der Waals surface area contributed by atoms with Gasteiger partial charge in [0.1, 0.15) is 17.1 Å². The molecule has 2 aliphatic rings. The molecule has 0 unspecified atom stereocenters. The Balaban J connectivity index is 1.52. The van der Waals surface area contributed by atoms with Crippen molar-refractivity contribution in [3.05, 3.63) is 70.4 Å². The average Bonchev–Trinajstić information content (AvgIpc) is 2.85. The van der Waals surface area contributed by atoms with E-state index in [4.69, 9.17) is 28.1 Å². The molecule has 38 heavy (non-hydrogen) atoms. The van der Waals surface area contributed by atoms with Crippen LogP contribution >= 0.6 is 12.2 Å². The van der Waals surface area contributed by atoms with Gasteiger partial charge in [-0.25, -0.2) is 4.79 Å². The quantitative estimate of drug-likeness (QED) is 0.0988. The number of aromatic hydroxyl groups is 1. The minimum atomic E-state index is -1.20. The first kappa shape index (κ1) is 24.2. The number of benzene rings is 3. The number of aromatic nitrogens is 3. The van der Waals surface area contributed by atoms with Gasteiger partial charge >= 0.3 is 5.97 Å². The molecule has 14 heteroatoms. The number of nitrogen functional groups attached to an aromatic ring is 2. The van der Waals surface area contributed by atoms with Crippen molar-refractivity contribution < 1.29 is 19.4 Å². The van der Waals surface area contributed by atoms with Crippen LogP contribution in [-0.4, -0.2) is 36.2 Å². The number of fused-ring (bicyclic) bond motifs is 2. The summed E-state index contributed by atoms with van der Waals surface area (Å²) in [5, 5.41) is 23.5. The number of carboxylic acids is 1. The summed E-state index contributed by atoms with van der Waals surface area (Å²) in [7, 11) is 0. The summed E-state index contributed by atoms with van der Waals surface area (Å²) in [6.07, 6.45) is 0. The number of thiocarbonyl (C=S) groups is 1. The number of phenols is 1. The van der Waals surface area contributed by atoms with Crippen LogP contribution in [0.25, 0.3) is 33.4 Å². The molecular weight excluding hydrogens is 512 g/mol. The maximum Gasteiger partial charge on any atom is 0.336 e. The van der Waals surface area contributed by atoms with Crippen molar-refractivity contribution in [2.75, 3.05) is 22.2 Å². The van der Waals surface area contributed by atoms with Crippen LogP contribution in [0.1, 0.15) is 10.4 Å². The highest BCUT2D eigenvalue weighted by atomic mass is 32.1. The van der Waals surface area contributed by atoms with Gasteiger partial charge in [0.05, 0.1) is 5.56 Å². The third-order valence-corrected chi connectivity index (χ3v) is 5.62. The zero-order valence-corrected chi connectivity index (χ0v) is 20.0. The number of hydrazine groups is 1. The van der Waals surface area contributed by atoms with Crippen LogP contribution in [0.5, 0.6) is 5.75 Å². The van der Waals surface area contributed by atoms with Gasteiger partial charge in [-0.05, 0) is 54.2 Å². The van der Waals surface area contributed by atoms with E-state index >= 15 is 0 Å². The van der Waals surface area contributed by atoms with E-state index in [1.54, 1.807) is 24.3 Å². The highest BCUT2D eigenvalue weighted by Gasteiger charge is 2.22. The molecule has 0 amide bonds. The summed E-state index contributed by atoms with van der Waals surface area (Å²) in [5.74, 6) is -1.13. The smallest absolute Gasteiger partial charge is 0.336 e. The number of phenolic OH excluding ortho intramolecular Hbond substituents is 1. The normalized spacial score (nSPS) is 10.8. The Kier molecular flexibility index (Phi) is 6.06. The second kappa shape index (κ2) is 9.51. The molecule has 13 nitrogen and oxygen atoms in total. The van der Waals surface area contributed by atoms with Crippen LogP contribution in [0.2, 0.25) is 0 Å². The molecule has 3 aromatic rings. The van der Waals surface area contributed by atoms with Gasteiger partial charge in [0, 0.05) is 34.3 Å². The fraction of sp³-hybridized carbons (Fsp3) is 0. The van der Waals surface area contributed by atoms with Crippen LogP contribution in [0.3, 0.4) is 0 Å². The lowest BCUT2D eigenvalue weighted by Gasteiger charge is -2.18. The Morgan fingerprint density at radius 2 is 1.68 bits per heavy atom. The summed E-state index contributed by atoms with van der Waals surface area (Å²) in [4.78, 5) is 35.7. The monoisotopic (exact) mass is 530 g/mol. The Morgan fingerprint density at radius 1 is 0.947 bits per heavy atom. The van der Waals surface area contributed by atoms with E-state index in [0.29, 0.717) is 27.8 Å². The van der Waals surface area contributed by atoms with Crippen molar-refractivity contribution in [2.45, 2.75) is 0 Å². The minimum Gasteiger partial charge on any atom is -0.508 e. The number of hydrogen-bond acceptors (Lipinski definition) is 11. The first-order valence-corrected chi connectivity index (χ1v) is 11.3. The summed E-state index contributed by atoms with van der Waals surface area (Å²) in [5.41, 5.74) is 18.1. The van der Waals surface area contributed by atoms with E-state index in [9.17, 15) is 19.8 Å². The van der Waals surface area contributed by atoms with Gasteiger partial charge in [-0.2, -0.15) is 15.0 Å².